The zero-order valence-electron chi connectivity index (χ0n) is 14.8. The average molecular weight is 357 g/mol. The van der Waals surface area contributed by atoms with Crippen LogP contribution in [0.1, 0.15) is 48.3 Å². The van der Waals surface area contributed by atoms with Crippen molar-refractivity contribution < 1.29 is 4.79 Å². The lowest BCUT2D eigenvalue weighted by Crippen LogP contribution is -2.13. The van der Waals surface area contributed by atoms with Gasteiger partial charge in [-0.15, -0.1) is 0 Å². The number of aromatic nitrogens is 3. The van der Waals surface area contributed by atoms with Crippen molar-refractivity contribution in [3.05, 3.63) is 52.3 Å². The van der Waals surface area contributed by atoms with Crippen molar-refractivity contribution in [1.29, 1.82) is 0 Å². The van der Waals surface area contributed by atoms with Gasteiger partial charge in [-0.25, -0.2) is 9.67 Å². The molecule has 25 heavy (non-hydrogen) atoms. The van der Waals surface area contributed by atoms with Gasteiger partial charge in [0.25, 0.3) is 5.91 Å². The van der Waals surface area contributed by atoms with E-state index in [4.69, 9.17) is 11.6 Å². The molecule has 130 valence electrons. The third-order valence-electron chi connectivity index (χ3n) is 4.25. The van der Waals surface area contributed by atoms with Crippen LogP contribution in [0.3, 0.4) is 0 Å². The molecule has 0 aliphatic rings. The van der Waals surface area contributed by atoms with Crippen molar-refractivity contribution in [1.82, 2.24) is 14.8 Å². The summed E-state index contributed by atoms with van der Waals surface area (Å²) in [4.78, 5) is 17.0. The van der Waals surface area contributed by atoms with Crippen LogP contribution in [0.4, 0.5) is 5.69 Å². The Kier molecular flexibility index (Phi) is 4.77. The molecule has 1 amide bonds. The first-order valence-electron chi connectivity index (χ1n) is 8.35. The molecular weight excluding hydrogens is 336 g/mol. The number of amides is 1. The molecule has 0 unspecified atom stereocenters. The minimum atomic E-state index is -0.277. The second-order valence-electron chi connectivity index (χ2n) is 6.32. The van der Waals surface area contributed by atoms with E-state index in [1.165, 1.54) is 11.8 Å². The van der Waals surface area contributed by atoms with Crippen LogP contribution in [0.2, 0.25) is 5.02 Å². The van der Waals surface area contributed by atoms with Crippen LogP contribution < -0.4 is 5.32 Å². The maximum atomic E-state index is 12.6. The zero-order valence-corrected chi connectivity index (χ0v) is 15.6. The predicted octanol–water partition coefficient (Wildman–Crippen LogP) is 4.79. The smallest absolute Gasteiger partial charge is 0.258 e. The maximum absolute atomic E-state index is 12.6. The Morgan fingerprint density at radius 2 is 1.96 bits per heavy atom. The quantitative estimate of drug-likeness (QED) is 0.731. The SMILES string of the molecule is CCn1nc(C)c2c(Cl)c(C(=O)Nc3ccc(C(C)C)cc3)cnc21. The number of rotatable bonds is 4. The van der Waals surface area contributed by atoms with Gasteiger partial charge in [0.1, 0.15) is 0 Å². The number of benzene rings is 1. The summed E-state index contributed by atoms with van der Waals surface area (Å²) >= 11 is 6.49. The van der Waals surface area contributed by atoms with Crippen molar-refractivity contribution in [3.8, 4) is 0 Å². The van der Waals surface area contributed by atoms with Gasteiger partial charge >= 0.3 is 0 Å². The standard InChI is InChI=1S/C19H21ClN4O/c1-5-24-18-16(12(4)23-24)17(20)15(10-21-18)19(25)22-14-8-6-13(7-9-14)11(2)3/h6-11H,5H2,1-4H3,(H,22,25). The molecule has 1 N–H and O–H groups in total. The molecule has 0 fully saturated rings. The highest BCUT2D eigenvalue weighted by Gasteiger charge is 2.19. The first-order valence-corrected chi connectivity index (χ1v) is 8.73. The summed E-state index contributed by atoms with van der Waals surface area (Å²) in [5, 5.41) is 8.41. The van der Waals surface area contributed by atoms with E-state index >= 15 is 0 Å². The Hall–Kier alpha value is -2.40. The van der Waals surface area contributed by atoms with E-state index in [2.05, 4.69) is 29.2 Å². The molecule has 6 heteroatoms. The van der Waals surface area contributed by atoms with Crippen molar-refractivity contribution in [3.63, 3.8) is 0 Å². The first-order chi connectivity index (χ1) is 11.9. The number of pyridine rings is 1. The number of hydrogen-bond acceptors (Lipinski definition) is 3. The van der Waals surface area contributed by atoms with Crippen LogP contribution in [-0.4, -0.2) is 20.7 Å². The molecule has 0 atom stereocenters. The third kappa shape index (κ3) is 3.24. The number of hydrogen-bond donors (Lipinski definition) is 1. The number of anilines is 1. The summed E-state index contributed by atoms with van der Waals surface area (Å²) in [5.41, 5.74) is 3.77. The van der Waals surface area contributed by atoms with Crippen molar-refractivity contribution in [2.24, 2.45) is 0 Å². The monoisotopic (exact) mass is 356 g/mol. The molecular formula is C19H21ClN4O. The van der Waals surface area contributed by atoms with E-state index in [1.807, 2.05) is 38.1 Å². The van der Waals surface area contributed by atoms with Crippen molar-refractivity contribution >= 4 is 34.2 Å². The molecule has 1 aromatic carbocycles. The Bertz CT molecular complexity index is 929. The summed E-state index contributed by atoms with van der Waals surface area (Å²) in [6, 6.07) is 7.82. The normalized spacial score (nSPS) is 11.3. The summed E-state index contributed by atoms with van der Waals surface area (Å²) in [5.74, 6) is 0.171. The third-order valence-corrected chi connectivity index (χ3v) is 4.64. The van der Waals surface area contributed by atoms with Crippen molar-refractivity contribution in [2.75, 3.05) is 5.32 Å². The van der Waals surface area contributed by atoms with Gasteiger partial charge in [0.15, 0.2) is 5.65 Å². The first kappa shape index (κ1) is 17.4. The number of nitrogens with zero attached hydrogens (tertiary/aromatic N) is 3. The highest BCUT2D eigenvalue weighted by molar-refractivity contribution is 6.39. The van der Waals surface area contributed by atoms with Gasteiger partial charge in [-0.05, 0) is 37.5 Å². The van der Waals surface area contributed by atoms with E-state index in [9.17, 15) is 4.79 Å². The van der Waals surface area contributed by atoms with Crippen LogP contribution >= 0.6 is 11.6 Å². The number of aryl methyl sites for hydroxylation is 2. The highest BCUT2D eigenvalue weighted by atomic mass is 35.5. The predicted molar refractivity (Wildman–Crippen MR) is 101 cm³/mol. The molecule has 0 aliphatic carbocycles. The van der Waals surface area contributed by atoms with Crippen LogP contribution in [0, 0.1) is 6.92 Å². The van der Waals surface area contributed by atoms with Gasteiger partial charge in [-0.3, -0.25) is 4.79 Å². The Morgan fingerprint density at radius 1 is 1.28 bits per heavy atom. The highest BCUT2D eigenvalue weighted by Crippen LogP contribution is 2.29. The number of fused-ring (bicyclic) bond motifs is 1. The molecule has 0 saturated carbocycles. The van der Waals surface area contributed by atoms with Gasteiger partial charge in [0.2, 0.25) is 0 Å². The fourth-order valence-electron chi connectivity index (χ4n) is 2.80. The number of halogens is 1. The van der Waals surface area contributed by atoms with Gasteiger partial charge in [-0.2, -0.15) is 5.10 Å². The Morgan fingerprint density at radius 3 is 2.56 bits per heavy atom. The summed E-state index contributed by atoms with van der Waals surface area (Å²) in [6.45, 7) is 8.82. The molecule has 0 aliphatic heterocycles. The Labute approximate surface area is 152 Å². The maximum Gasteiger partial charge on any atom is 0.258 e. The molecule has 2 heterocycles. The lowest BCUT2D eigenvalue weighted by atomic mass is 10.0. The minimum Gasteiger partial charge on any atom is -0.322 e. The topological polar surface area (TPSA) is 59.8 Å². The molecule has 0 bridgehead atoms. The zero-order chi connectivity index (χ0) is 18.1. The second kappa shape index (κ2) is 6.84. The van der Waals surface area contributed by atoms with Gasteiger partial charge < -0.3 is 5.32 Å². The van der Waals surface area contributed by atoms with E-state index < -0.39 is 0 Å². The van der Waals surface area contributed by atoms with Crippen molar-refractivity contribution in [2.45, 2.75) is 40.2 Å². The largest absolute Gasteiger partial charge is 0.322 e. The van der Waals surface area contributed by atoms with Gasteiger partial charge in [-0.1, -0.05) is 37.6 Å². The molecule has 0 spiro atoms. The fourth-order valence-corrected chi connectivity index (χ4v) is 3.16. The lowest BCUT2D eigenvalue weighted by Gasteiger charge is -2.09. The summed E-state index contributed by atoms with van der Waals surface area (Å²) in [7, 11) is 0. The minimum absolute atomic E-state index is 0.277. The van der Waals surface area contributed by atoms with Crippen LogP contribution in [0.25, 0.3) is 11.0 Å². The van der Waals surface area contributed by atoms with Crippen LogP contribution in [0.15, 0.2) is 30.5 Å². The molecule has 0 saturated heterocycles. The van der Waals surface area contributed by atoms with Gasteiger partial charge in [0.05, 0.1) is 21.7 Å². The van der Waals surface area contributed by atoms with Crippen LogP contribution in [0.5, 0.6) is 0 Å². The molecule has 5 nitrogen and oxygen atoms in total. The molecule has 2 aromatic heterocycles. The number of carbonyl (C=O) groups is 1. The van der Waals surface area contributed by atoms with E-state index in [0.717, 1.165) is 16.8 Å². The summed E-state index contributed by atoms with van der Waals surface area (Å²) in [6.07, 6.45) is 1.51. The Balaban J connectivity index is 1.92. The number of carbonyl (C=O) groups excluding carboxylic acids is 1. The second-order valence-corrected chi connectivity index (χ2v) is 6.69. The van der Waals surface area contributed by atoms with E-state index in [-0.39, 0.29) is 5.91 Å². The fraction of sp³-hybridized carbons (Fsp3) is 0.316. The number of nitrogens with one attached hydrogen (secondary N) is 1. The van der Waals surface area contributed by atoms with E-state index in [1.54, 1.807) is 4.68 Å². The molecule has 0 radical (unpaired) electrons. The lowest BCUT2D eigenvalue weighted by molar-refractivity contribution is 0.102. The van der Waals surface area contributed by atoms with Crippen LogP contribution in [-0.2, 0) is 6.54 Å². The van der Waals surface area contributed by atoms with E-state index in [0.29, 0.717) is 28.7 Å². The molecule has 3 aromatic rings. The van der Waals surface area contributed by atoms with Gasteiger partial charge in [0, 0.05) is 18.4 Å². The summed E-state index contributed by atoms with van der Waals surface area (Å²) < 4.78 is 1.78. The molecule has 3 rings (SSSR count). The average Bonchev–Trinajstić information content (AvgIpc) is 2.92.